The van der Waals surface area contributed by atoms with E-state index < -0.39 is 17.7 Å². The number of nitrogens with one attached hydrogen (secondary N) is 1. The van der Waals surface area contributed by atoms with Gasteiger partial charge in [0.2, 0.25) is 0 Å². The van der Waals surface area contributed by atoms with E-state index >= 15 is 0 Å². The van der Waals surface area contributed by atoms with Crippen LogP contribution in [0.3, 0.4) is 0 Å². The molecule has 28 heavy (non-hydrogen) atoms. The van der Waals surface area contributed by atoms with Crippen LogP contribution in [-0.2, 0) is 37.0 Å². The minimum Gasteiger partial charge on any atom is -0.416 e. The van der Waals surface area contributed by atoms with Gasteiger partial charge in [0, 0.05) is 22.5 Å². The fourth-order valence-corrected chi connectivity index (χ4v) is 4.74. The molecule has 0 amide bonds. The van der Waals surface area contributed by atoms with Crippen LogP contribution in [-0.4, -0.2) is 30.0 Å². The molecule has 1 N–H and O–H groups in total. The number of halogens is 1. The SMILES string of the molecule is O=C1CCC(=O)OC2(CNCCc3c2ccc(Cl)c3CSc2ccccn2)O1. The maximum Gasteiger partial charge on any atom is 0.309 e. The molecule has 1 saturated heterocycles. The molecule has 0 atom stereocenters. The van der Waals surface area contributed by atoms with E-state index in [1.807, 2.05) is 18.2 Å². The van der Waals surface area contributed by atoms with E-state index in [2.05, 4.69) is 10.3 Å². The lowest BCUT2D eigenvalue weighted by atomic mass is 9.94. The molecule has 1 fully saturated rings. The Morgan fingerprint density at radius 1 is 1.11 bits per heavy atom. The molecule has 6 nitrogen and oxygen atoms in total. The smallest absolute Gasteiger partial charge is 0.309 e. The number of aromatic nitrogens is 1. The van der Waals surface area contributed by atoms with Gasteiger partial charge >= 0.3 is 11.9 Å². The Morgan fingerprint density at radius 2 is 1.89 bits per heavy atom. The number of rotatable bonds is 3. The van der Waals surface area contributed by atoms with Gasteiger partial charge in [0.05, 0.1) is 24.4 Å². The van der Waals surface area contributed by atoms with E-state index in [1.54, 1.807) is 30.1 Å². The van der Waals surface area contributed by atoms with Crippen LogP contribution in [0.15, 0.2) is 41.6 Å². The molecule has 0 bridgehead atoms. The molecule has 146 valence electrons. The molecule has 0 saturated carbocycles. The van der Waals surface area contributed by atoms with Crippen LogP contribution in [0.2, 0.25) is 5.02 Å². The summed E-state index contributed by atoms with van der Waals surface area (Å²) >= 11 is 8.10. The van der Waals surface area contributed by atoms with E-state index in [1.165, 1.54) is 0 Å². The van der Waals surface area contributed by atoms with E-state index in [9.17, 15) is 9.59 Å². The number of hydrogen-bond donors (Lipinski definition) is 1. The Hall–Kier alpha value is -2.09. The average molecular weight is 419 g/mol. The first kappa shape index (κ1) is 19.2. The lowest BCUT2D eigenvalue weighted by Gasteiger charge is -2.32. The number of ether oxygens (including phenoxy) is 2. The average Bonchev–Trinajstić information content (AvgIpc) is 2.95. The molecule has 3 heterocycles. The molecular formula is C20H19ClN2O4S. The Balaban J connectivity index is 1.74. The summed E-state index contributed by atoms with van der Waals surface area (Å²) in [5.41, 5.74) is 2.57. The third kappa shape index (κ3) is 3.87. The maximum atomic E-state index is 12.2. The standard InChI is InChI=1S/C20H19ClN2O4S/c21-16-5-4-15-13(14(16)11-28-17-3-1-2-9-23-17)8-10-22-12-20(15)26-18(24)6-7-19(25)27-20/h1-5,9,22H,6-8,10-12H2. The molecular weight excluding hydrogens is 400 g/mol. The first-order chi connectivity index (χ1) is 13.6. The van der Waals surface area contributed by atoms with Gasteiger partial charge < -0.3 is 14.8 Å². The highest BCUT2D eigenvalue weighted by molar-refractivity contribution is 7.98. The van der Waals surface area contributed by atoms with E-state index in [0.29, 0.717) is 29.3 Å². The number of thioether (sulfide) groups is 1. The van der Waals surface area contributed by atoms with Crippen molar-refractivity contribution in [3.05, 3.63) is 58.2 Å². The molecule has 0 aliphatic carbocycles. The van der Waals surface area contributed by atoms with E-state index in [-0.39, 0.29) is 19.4 Å². The minimum absolute atomic E-state index is 0.0197. The topological polar surface area (TPSA) is 77.5 Å². The molecule has 4 rings (SSSR count). The van der Waals surface area contributed by atoms with Gasteiger partial charge in [0.15, 0.2) is 0 Å². The minimum atomic E-state index is -1.45. The maximum absolute atomic E-state index is 12.2. The fourth-order valence-electron chi connectivity index (χ4n) is 3.48. The first-order valence-corrected chi connectivity index (χ1v) is 10.4. The highest BCUT2D eigenvalue weighted by Crippen LogP contribution is 2.39. The number of carbonyl (C=O) groups excluding carboxylic acids is 2. The van der Waals surface area contributed by atoms with Crippen LogP contribution in [0, 0.1) is 0 Å². The van der Waals surface area contributed by atoms with Crippen LogP contribution >= 0.6 is 23.4 Å². The lowest BCUT2D eigenvalue weighted by molar-refractivity contribution is -0.225. The van der Waals surface area contributed by atoms with Crippen molar-refractivity contribution in [2.45, 2.75) is 35.8 Å². The highest BCUT2D eigenvalue weighted by Gasteiger charge is 2.45. The van der Waals surface area contributed by atoms with Gasteiger partial charge in [0.1, 0.15) is 0 Å². The van der Waals surface area contributed by atoms with Crippen molar-refractivity contribution in [2.75, 3.05) is 13.1 Å². The van der Waals surface area contributed by atoms with Gasteiger partial charge in [-0.3, -0.25) is 9.59 Å². The van der Waals surface area contributed by atoms with Crippen molar-refractivity contribution in [3.63, 3.8) is 0 Å². The van der Waals surface area contributed by atoms with Crippen molar-refractivity contribution in [1.82, 2.24) is 10.3 Å². The summed E-state index contributed by atoms with van der Waals surface area (Å²) in [6, 6.07) is 9.32. The van der Waals surface area contributed by atoms with Gasteiger partial charge in [-0.1, -0.05) is 17.7 Å². The quantitative estimate of drug-likeness (QED) is 0.605. The zero-order valence-corrected chi connectivity index (χ0v) is 16.6. The molecule has 1 spiro atoms. The lowest BCUT2D eigenvalue weighted by Crippen LogP contribution is -2.43. The predicted molar refractivity (Wildman–Crippen MR) is 105 cm³/mol. The number of hydrogen-bond acceptors (Lipinski definition) is 7. The highest BCUT2D eigenvalue weighted by atomic mass is 35.5. The fraction of sp³-hybridized carbons (Fsp3) is 0.350. The van der Waals surface area contributed by atoms with E-state index in [4.69, 9.17) is 21.1 Å². The van der Waals surface area contributed by atoms with Crippen molar-refractivity contribution in [1.29, 1.82) is 0 Å². The van der Waals surface area contributed by atoms with Crippen LogP contribution in [0.25, 0.3) is 0 Å². The van der Waals surface area contributed by atoms with E-state index in [0.717, 1.165) is 16.2 Å². The van der Waals surface area contributed by atoms with Gasteiger partial charge in [-0.05, 0) is 48.4 Å². The summed E-state index contributed by atoms with van der Waals surface area (Å²) in [7, 11) is 0. The molecule has 2 aliphatic heterocycles. The zero-order chi connectivity index (χ0) is 19.6. The number of fused-ring (bicyclic) bond motifs is 2. The summed E-state index contributed by atoms with van der Waals surface area (Å²) < 4.78 is 11.3. The Morgan fingerprint density at radius 3 is 2.61 bits per heavy atom. The second-order valence-electron chi connectivity index (χ2n) is 6.64. The first-order valence-electron chi connectivity index (χ1n) is 9.06. The Labute approximate surface area is 172 Å². The molecule has 2 aliphatic rings. The molecule has 8 heteroatoms. The second kappa shape index (κ2) is 8.11. The molecule has 1 aromatic carbocycles. The summed E-state index contributed by atoms with van der Waals surface area (Å²) in [6.45, 7) is 0.872. The molecule has 1 aromatic heterocycles. The third-order valence-electron chi connectivity index (χ3n) is 4.79. The zero-order valence-electron chi connectivity index (χ0n) is 15.1. The second-order valence-corrected chi connectivity index (χ2v) is 8.04. The third-order valence-corrected chi connectivity index (χ3v) is 6.11. The Kier molecular flexibility index (Phi) is 5.57. The van der Waals surface area contributed by atoms with Crippen molar-refractivity contribution in [2.24, 2.45) is 0 Å². The Bertz CT molecular complexity index is 889. The number of benzene rings is 1. The predicted octanol–water partition coefficient (Wildman–Crippen LogP) is 3.21. The van der Waals surface area contributed by atoms with Crippen LogP contribution in [0.4, 0.5) is 0 Å². The summed E-state index contributed by atoms with van der Waals surface area (Å²) in [5.74, 6) is -1.73. The summed E-state index contributed by atoms with van der Waals surface area (Å²) in [6.07, 6.45) is 2.47. The number of nitrogens with zero attached hydrogens (tertiary/aromatic N) is 1. The number of pyridine rings is 1. The van der Waals surface area contributed by atoms with Gasteiger partial charge in [-0.25, -0.2) is 4.98 Å². The van der Waals surface area contributed by atoms with Gasteiger partial charge in [-0.2, -0.15) is 0 Å². The normalized spacial score (nSPS) is 18.6. The largest absolute Gasteiger partial charge is 0.416 e. The molecule has 0 radical (unpaired) electrons. The number of carbonyl (C=O) groups is 2. The summed E-state index contributed by atoms with van der Waals surface area (Å²) in [4.78, 5) is 28.7. The van der Waals surface area contributed by atoms with Crippen LogP contribution in [0.5, 0.6) is 0 Å². The van der Waals surface area contributed by atoms with Crippen molar-refractivity contribution in [3.8, 4) is 0 Å². The number of esters is 2. The summed E-state index contributed by atoms with van der Waals surface area (Å²) in [5, 5.41) is 4.75. The van der Waals surface area contributed by atoms with Crippen LogP contribution < -0.4 is 5.32 Å². The van der Waals surface area contributed by atoms with Crippen molar-refractivity contribution < 1.29 is 19.1 Å². The molecule has 2 aromatic rings. The monoisotopic (exact) mass is 418 g/mol. The molecule has 0 unspecified atom stereocenters. The van der Waals surface area contributed by atoms with Crippen molar-refractivity contribution >= 4 is 35.3 Å². The van der Waals surface area contributed by atoms with Gasteiger partial charge in [-0.15, -0.1) is 11.8 Å². The van der Waals surface area contributed by atoms with Gasteiger partial charge in [0.25, 0.3) is 5.79 Å². The van der Waals surface area contributed by atoms with Crippen LogP contribution in [0.1, 0.15) is 29.5 Å².